The highest BCUT2D eigenvalue weighted by Crippen LogP contribution is 2.55. The minimum atomic E-state index is -6.65. The topological polar surface area (TPSA) is 67.4 Å². The molecule has 220 valence electrons. The Labute approximate surface area is 230 Å². The molecule has 0 saturated heterocycles. The number of ether oxygens (including phenoxy) is 1. The van der Waals surface area contributed by atoms with Crippen LogP contribution in [0.15, 0.2) is 65.1 Å². The van der Waals surface area contributed by atoms with E-state index >= 15 is 0 Å². The molecule has 0 fully saturated rings. The summed E-state index contributed by atoms with van der Waals surface area (Å²) in [6.45, 7) is 0. The summed E-state index contributed by atoms with van der Waals surface area (Å²) in [4.78, 5) is 25.1. The Morgan fingerprint density at radius 3 is 1.80 bits per heavy atom. The lowest BCUT2D eigenvalue weighted by Crippen LogP contribution is -2.50. The van der Waals surface area contributed by atoms with Crippen LogP contribution in [0, 0.1) is 5.82 Å². The molecule has 2 amide bonds. The van der Waals surface area contributed by atoms with Crippen molar-refractivity contribution in [3.05, 3.63) is 87.6 Å². The van der Waals surface area contributed by atoms with E-state index in [1.807, 2.05) is 5.32 Å². The molecule has 17 heteroatoms. The van der Waals surface area contributed by atoms with Crippen LogP contribution in [0.4, 0.5) is 59.7 Å². The van der Waals surface area contributed by atoms with Crippen molar-refractivity contribution in [2.45, 2.75) is 24.4 Å². The largest absolute Gasteiger partial charge is 0.573 e. The fourth-order valence-electron chi connectivity index (χ4n) is 3.32. The van der Waals surface area contributed by atoms with Crippen molar-refractivity contribution in [2.75, 3.05) is 10.6 Å². The first-order valence-corrected chi connectivity index (χ1v) is 11.4. The molecule has 0 aromatic heterocycles. The second kappa shape index (κ2) is 11.2. The Morgan fingerprint density at radius 1 is 0.707 bits per heavy atom. The summed E-state index contributed by atoms with van der Waals surface area (Å²) < 4.78 is 148. The minimum Gasteiger partial charge on any atom is -0.404 e. The highest BCUT2D eigenvalue weighted by Gasteiger charge is 2.73. The van der Waals surface area contributed by atoms with E-state index in [4.69, 9.17) is 0 Å². The van der Waals surface area contributed by atoms with Gasteiger partial charge in [0, 0.05) is 26.9 Å². The summed E-state index contributed by atoms with van der Waals surface area (Å²) in [5, 5.41) is 4.21. The van der Waals surface area contributed by atoms with Gasteiger partial charge in [0.15, 0.2) is 5.75 Å². The summed E-state index contributed by atoms with van der Waals surface area (Å²) in [6, 6.07) is 8.30. The summed E-state index contributed by atoms with van der Waals surface area (Å²) >= 11 is 2.46. The molecule has 3 aromatic rings. The third-order valence-electron chi connectivity index (χ3n) is 5.19. The van der Waals surface area contributed by atoms with Crippen molar-refractivity contribution in [1.29, 1.82) is 0 Å². The van der Waals surface area contributed by atoms with E-state index in [0.717, 1.165) is 36.4 Å². The van der Waals surface area contributed by atoms with Gasteiger partial charge in [-0.3, -0.25) is 9.59 Å². The van der Waals surface area contributed by atoms with Crippen molar-refractivity contribution in [1.82, 2.24) is 0 Å². The normalized spacial score (nSPS) is 12.6. The number of nitrogens with one attached hydrogen (secondary N) is 2. The van der Waals surface area contributed by atoms with E-state index in [2.05, 4.69) is 26.0 Å². The molecule has 0 radical (unpaired) electrons. The Morgan fingerprint density at radius 2 is 1.27 bits per heavy atom. The SMILES string of the molecule is O=C(Nc1cccc(C(=O)Nc2c(Br)cc(C(F)(C(F)(F)F)C(F)(F)F)cc2OC(F)(F)F)c1)c1ccc(F)cc1. The standard InChI is InChI=1S/C24H12BrF11N2O3/c25-16-9-13(21(27,22(28,29)30)23(31,32)33)10-17(41-24(34,35)36)18(16)38-20(40)12-2-1-3-15(8-12)37-19(39)11-4-6-14(26)7-5-11/h1-10H,(H,37,39)(H,38,40). The zero-order chi connectivity index (χ0) is 31.0. The van der Waals surface area contributed by atoms with Gasteiger partial charge in [0.2, 0.25) is 0 Å². The van der Waals surface area contributed by atoms with Crippen molar-refractivity contribution in [3.8, 4) is 5.75 Å². The van der Waals surface area contributed by atoms with Crippen LogP contribution in [0.5, 0.6) is 5.75 Å². The number of alkyl halides is 10. The summed E-state index contributed by atoms with van der Waals surface area (Å²) in [6.07, 6.45) is -19.0. The van der Waals surface area contributed by atoms with E-state index in [0.29, 0.717) is 0 Å². The van der Waals surface area contributed by atoms with Crippen LogP contribution in [0.1, 0.15) is 26.3 Å². The lowest BCUT2D eigenvalue weighted by Gasteiger charge is -2.31. The zero-order valence-electron chi connectivity index (χ0n) is 19.5. The van der Waals surface area contributed by atoms with Crippen molar-refractivity contribution < 1.29 is 62.6 Å². The number of hydrogen-bond acceptors (Lipinski definition) is 3. The molecular formula is C24H12BrF11N2O3. The monoisotopic (exact) mass is 664 g/mol. The average Bonchev–Trinajstić information content (AvgIpc) is 2.83. The first-order valence-electron chi connectivity index (χ1n) is 10.6. The van der Waals surface area contributed by atoms with Gasteiger partial charge in [0.05, 0.1) is 5.69 Å². The highest BCUT2D eigenvalue weighted by molar-refractivity contribution is 9.10. The molecular weight excluding hydrogens is 653 g/mol. The van der Waals surface area contributed by atoms with E-state index < -0.39 is 69.6 Å². The van der Waals surface area contributed by atoms with Crippen LogP contribution in [-0.2, 0) is 5.67 Å². The van der Waals surface area contributed by atoms with Crippen molar-refractivity contribution in [2.24, 2.45) is 0 Å². The predicted molar refractivity (Wildman–Crippen MR) is 124 cm³/mol. The van der Waals surface area contributed by atoms with Crippen LogP contribution in [0.2, 0.25) is 0 Å². The summed E-state index contributed by atoms with van der Waals surface area (Å²) in [5.41, 5.74) is -9.89. The van der Waals surface area contributed by atoms with E-state index in [1.165, 1.54) is 12.1 Å². The number of hydrogen-bond donors (Lipinski definition) is 2. The lowest BCUT2D eigenvalue weighted by atomic mass is 9.93. The van der Waals surface area contributed by atoms with Gasteiger partial charge in [0.1, 0.15) is 5.82 Å². The van der Waals surface area contributed by atoms with Crippen molar-refractivity contribution >= 4 is 39.1 Å². The molecule has 0 saturated carbocycles. The third kappa shape index (κ3) is 7.07. The van der Waals surface area contributed by atoms with Crippen molar-refractivity contribution in [3.63, 3.8) is 0 Å². The number of benzene rings is 3. The number of carbonyl (C=O) groups is 2. The lowest BCUT2D eigenvalue weighted by molar-refractivity contribution is -0.348. The fraction of sp³-hybridized carbons (Fsp3) is 0.167. The zero-order valence-corrected chi connectivity index (χ0v) is 21.1. The summed E-state index contributed by atoms with van der Waals surface area (Å²) in [5.74, 6) is -4.43. The quantitative estimate of drug-likeness (QED) is 0.261. The maximum absolute atomic E-state index is 14.5. The minimum absolute atomic E-state index is 0.0147. The molecule has 0 aliphatic heterocycles. The third-order valence-corrected chi connectivity index (χ3v) is 5.81. The maximum atomic E-state index is 14.5. The molecule has 0 unspecified atom stereocenters. The second-order valence-corrected chi connectivity index (χ2v) is 8.88. The first-order chi connectivity index (χ1) is 18.7. The Balaban J connectivity index is 1.99. The Bertz CT molecular complexity index is 1440. The molecule has 3 aromatic carbocycles. The van der Waals surface area contributed by atoms with Crippen LogP contribution < -0.4 is 15.4 Å². The maximum Gasteiger partial charge on any atom is 0.573 e. The van der Waals surface area contributed by atoms with E-state index in [-0.39, 0.29) is 22.9 Å². The van der Waals surface area contributed by atoms with Gasteiger partial charge in [-0.05, 0) is 70.5 Å². The van der Waals surface area contributed by atoms with Gasteiger partial charge in [0.25, 0.3) is 11.8 Å². The number of carbonyl (C=O) groups excluding carboxylic acids is 2. The van der Waals surface area contributed by atoms with Crippen LogP contribution >= 0.6 is 15.9 Å². The highest BCUT2D eigenvalue weighted by atomic mass is 79.9. The number of amides is 2. The molecule has 5 nitrogen and oxygen atoms in total. The fourth-order valence-corrected chi connectivity index (χ4v) is 3.86. The first kappa shape index (κ1) is 31.6. The molecule has 2 N–H and O–H groups in total. The van der Waals surface area contributed by atoms with Gasteiger partial charge in [-0.1, -0.05) is 6.07 Å². The summed E-state index contributed by atoms with van der Waals surface area (Å²) in [7, 11) is 0. The Hall–Kier alpha value is -3.89. The molecule has 0 heterocycles. The number of rotatable bonds is 6. The molecule has 0 atom stereocenters. The van der Waals surface area contributed by atoms with E-state index in [9.17, 15) is 57.9 Å². The van der Waals surface area contributed by atoms with Gasteiger partial charge < -0.3 is 15.4 Å². The molecule has 3 rings (SSSR count). The van der Waals surface area contributed by atoms with E-state index in [1.54, 1.807) is 0 Å². The average molecular weight is 665 g/mol. The van der Waals surface area contributed by atoms with Gasteiger partial charge in [-0.15, -0.1) is 13.2 Å². The number of anilines is 2. The predicted octanol–water partition coefficient (Wildman–Crippen LogP) is 8.28. The Kier molecular flexibility index (Phi) is 8.62. The second-order valence-electron chi connectivity index (χ2n) is 8.03. The molecule has 0 spiro atoms. The smallest absolute Gasteiger partial charge is 0.404 e. The molecule has 41 heavy (non-hydrogen) atoms. The van der Waals surface area contributed by atoms with Gasteiger partial charge in [-0.25, -0.2) is 8.78 Å². The molecule has 0 aliphatic carbocycles. The van der Waals surface area contributed by atoms with Crippen LogP contribution in [0.3, 0.4) is 0 Å². The molecule has 0 bridgehead atoms. The number of halogens is 12. The van der Waals surface area contributed by atoms with Gasteiger partial charge >= 0.3 is 24.4 Å². The van der Waals surface area contributed by atoms with Gasteiger partial charge in [-0.2, -0.15) is 26.3 Å². The molecule has 0 aliphatic rings. The van der Waals surface area contributed by atoms with Crippen LogP contribution in [0.25, 0.3) is 0 Å². The van der Waals surface area contributed by atoms with Crippen LogP contribution in [-0.4, -0.2) is 30.5 Å².